The van der Waals surface area contributed by atoms with Crippen LogP contribution in [0.15, 0.2) is 60.7 Å². The van der Waals surface area contributed by atoms with Crippen molar-refractivity contribution in [3.8, 4) is 0 Å². The molecule has 0 fully saturated rings. The third-order valence-corrected chi connectivity index (χ3v) is 5.45. The maximum atomic E-state index is 2.42. The van der Waals surface area contributed by atoms with E-state index in [0.717, 1.165) is 12.8 Å². The smallest absolute Gasteiger partial charge is 0.00162 e. The lowest BCUT2D eigenvalue weighted by atomic mass is 9.56. The second kappa shape index (κ2) is 5.83. The highest BCUT2D eigenvalue weighted by Crippen LogP contribution is 2.48. The molecule has 0 aliphatic heterocycles. The Morgan fingerprint density at radius 3 is 1.15 bits per heavy atom. The predicted octanol–water partition coefficient (Wildman–Crippen LogP) is 5.72. The first-order chi connectivity index (χ1) is 9.58. The fraction of sp³-hybridized carbons (Fsp3) is 0.400. The highest BCUT2D eigenvalue weighted by Gasteiger charge is 2.44. The molecule has 0 aliphatic carbocycles. The summed E-state index contributed by atoms with van der Waals surface area (Å²) in [6.45, 7) is 9.45. The number of hydrogen-bond acceptors (Lipinski definition) is 0. The summed E-state index contributed by atoms with van der Waals surface area (Å²) >= 11 is 0. The Bertz CT molecular complexity index is 477. The molecule has 2 atom stereocenters. The first kappa shape index (κ1) is 14.8. The van der Waals surface area contributed by atoms with Crippen LogP contribution >= 0.6 is 0 Å². The predicted molar refractivity (Wildman–Crippen MR) is 88.2 cm³/mol. The molecule has 0 aliphatic rings. The molecule has 0 nitrogen and oxygen atoms in total. The Morgan fingerprint density at radius 1 is 0.600 bits per heavy atom. The largest absolute Gasteiger partial charge is 0.0645 e. The molecule has 0 saturated heterocycles. The average molecular weight is 266 g/mol. The fourth-order valence-corrected chi connectivity index (χ4v) is 3.44. The van der Waals surface area contributed by atoms with Crippen molar-refractivity contribution in [1.82, 2.24) is 0 Å². The Labute approximate surface area is 123 Å². The Kier molecular flexibility index (Phi) is 4.32. The van der Waals surface area contributed by atoms with Gasteiger partial charge in [-0.1, -0.05) is 88.4 Å². The van der Waals surface area contributed by atoms with Crippen molar-refractivity contribution < 1.29 is 0 Å². The molecule has 0 heterocycles. The Balaban J connectivity index is 2.58. The summed E-state index contributed by atoms with van der Waals surface area (Å²) in [5.41, 5.74) is 3.17. The average Bonchev–Trinajstić information content (AvgIpc) is 2.54. The Morgan fingerprint density at radius 2 is 0.900 bits per heavy atom. The van der Waals surface area contributed by atoms with Gasteiger partial charge in [0.05, 0.1) is 0 Å². The van der Waals surface area contributed by atoms with Crippen molar-refractivity contribution >= 4 is 0 Å². The second-order valence-electron chi connectivity index (χ2n) is 6.10. The number of benzene rings is 2. The molecule has 0 heteroatoms. The van der Waals surface area contributed by atoms with Crippen LogP contribution in [0.25, 0.3) is 0 Å². The van der Waals surface area contributed by atoms with Gasteiger partial charge in [0.25, 0.3) is 0 Å². The summed E-state index contributed by atoms with van der Waals surface area (Å²) in [6, 6.07) is 21.9. The summed E-state index contributed by atoms with van der Waals surface area (Å²) in [7, 11) is 0. The van der Waals surface area contributed by atoms with E-state index >= 15 is 0 Å². The van der Waals surface area contributed by atoms with E-state index in [9.17, 15) is 0 Å². The van der Waals surface area contributed by atoms with E-state index in [2.05, 4.69) is 88.4 Å². The molecular weight excluding hydrogens is 240 g/mol. The standard InChI is InChI=1S/C20H26/c1-5-19(3,17-13-9-7-10-14-17)20(4,6-2)18-15-11-8-12-16-18/h7-16H,5-6H2,1-4H3/t19-,20-/m0/s1. The maximum Gasteiger partial charge on any atom is 0.00162 e. The van der Waals surface area contributed by atoms with E-state index in [1.807, 2.05) is 0 Å². The molecule has 0 amide bonds. The van der Waals surface area contributed by atoms with Gasteiger partial charge in [-0.15, -0.1) is 0 Å². The minimum absolute atomic E-state index is 0.143. The molecule has 0 saturated carbocycles. The topological polar surface area (TPSA) is 0 Å². The van der Waals surface area contributed by atoms with E-state index in [1.54, 1.807) is 0 Å². The molecule has 0 spiro atoms. The van der Waals surface area contributed by atoms with Gasteiger partial charge in [-0.05, 0) is 24.0 Å². The SMILES string of the molecule is CC[C@@](C)(c1ccccc1)[C@@](C)(CC)c1ccccc1. The third-order valence-electron chi connectivity index (χ3n) is 5.45. The first-order valence-electron chi connectivity index (χ1n) is 7.69. The van der Waals surface area contributed by atoms with Crippen molar-refractivity contribution in [3.63, 3.8) is 0 Å². The zero-order valence-electron chi connectivity index (χ0n) is 13.2. The van der Waals surface area contributed by atoms with Crippen molar-refractivity contribution in [2.75, 3.05) is 0 Å². The zero-order valence-corrected chi connectivity index (χ0v) is 13.2. The molecule has 2 rings (SSSR count). The summed E-state index contributed by atoms with van der Waals surface area (Å²) in [5.74, 6) is 0. The van der Waals surface area contributed by atoms with Crippen LogP contribution < -0.4 is 0 Å². The van der Waals surface area contributed by atoms with E-state index in [1.165, 1.54) is 11.1 Å². The molecule has 2 aromatic carbocycles. The summed E-state index contributed by atoms with van der Waals surface area (Å²) in [6.07, 6.45) is 2.27. The lowest BCUT2D eigenvalue weighted by Crippen LogP contribution is -2.44. The van der Waals surface area contributed by atoms with Crippen molar-refractivity contribution in [2.45, 2.75) is 51.4 Å². The van der Waals surface area contributed by atoms with E-state index in [0.29, 0.717) is 0 Å². The van der Waals surface area contributed by atoms with Crippen LogP contribution in [-0.4, -0.2) is 0 Å². The van der Waals surface area contributed by atoms with Crippen LogP contribution in [-0.2, 0) is 10.8 Å². The highest BCUT2D eigenvalue weighted by molar-refractivity contribution is 5.37. The van der Waals surface area contributed by atoms with Crippen molar-refractivity contribution in [3.05, 3.63) is 71.8 Å². The van der Waals surface area contributed by atoms with Crippen LogP contribution in [0.5, 0.6) is 0 Å². The summed E-state index contributed by atoms with van der Waals surface area (Å²) in [5, 5.41) is 0. The van der Waals surface area contributed by atoms with Crippen molar-refractivity contribution in [2.24, 2.45) is 0 Å². The molecule has 0 bridgehead atoms. The van der Waals surface area contributed by atoms with Crippen molar-refractivity contribution in [1.29, 1.82) is 0 Å². The van der Waals surface area contributed by atoms with Gasteiger partial charge < -0.3 is 0 Å². The Hall–Kier alpha value is -1.56. The molecule has 0 unspecified atom stereocenters. The van der Waals surface area contributed by atoms with Gasteiger partial charge in [0.15, 0.2) is 0 Å². The normalized spacial score (nSPS) is 17.2. The lowest BCUT2D eigenvalue weighted by Gasteiger charge is -2.47. The summed E-state index contributed by atoms with van der Waals surface area (Å²) in [4.78, 5) is 0. The fourth-order valence-electron chi connectivity index (χ4n) is 3.44. The van der Waals surface area contributed by atoms with Crippen LogP contribution in [0.3, 0.4) is 0 Å². The van der Waals surface area contributed by atoms with E-state index < -0.39 is 0 Å². The van der Waals surface area contributed by atoms with Gasteiger partial charge in [-0.25, -0.2) is 0 Å². The molecule has 0 N–H and O–H groups in total. The van der Waals surface area contributed by atoms with E-state index in [4.69, 9.17) is 0 Å². The van der Waals surface area contributed by atoms with Gasteiger partial charge >= 0.3 is 0 Å². The highest BCUT2D eigenvalue weighted by atomic mass is 14.5. The molecule has 2 aromatic rings. The first-order valence-corrected chi connectivity index (χ1v) is 7.69. The van der Waals surface area contributed by atoms with Crippen LogP contribution in [0.4, 0.5) is 0 Å². The molecule has 0 radical (unpaired) electrons. The number of rotatable bonds is 5. The molecule has 106 valence electrons. The lowest BCUT2D eigenvalue weighted by molar-refractivity contribution is 0.235. The van der Waals surface area contributed by atoms with Crippen LogP contribution in [0, 0.1) is 0 Å². The number of hydrogen-bond donors (Lipinski definition) is 0. The minimum Gasteiger partial charge on any atom is -0.0645 e. The zero-order chi connectivity index (χ0) is 14.6. The van der Waals surface area contributed by atoms with E-state index in [-0.39, 0.29) is 10.8 Å². The maximum absolute atomic E-state index is 2.42. The molecular formula is C20H26. The monoisotopic (exact) mass is 266 g/mol. The van der Waals surface area contributed by atoms with Gasteiger partial charge in [0, 0.05) is 10.8 Å². The van der Waals surface area contributed by atoms with Gasteiger partial charge in [-0.2, -0.15) is 0 Å². The molecule has 0 aromatic heterocycles. The molecule has 20 heavy (non-hydrogen) atoms. The third kappa shape index (κ3) is 2.28. The van der Waals surface area contributed by atoms with Crippen LogP contribution in [0.2, 0.25) is 0 Å². The van der Waals surface area contributed by atoms with Gasteiger partial charge in [-0.3, -0.25) is 0 Å². The summed E-state index contributed by atoms with van der Waals surface area (Å²) < 4.78 is 0. The second-order valence-corrected chi connectivity index (χ2v) is 6.10. The quantitative estimate of drug-likeness (QED) is 0.649. The van der Waals surface area contributed by atoms with Gasteiger partial charge in [0.2, 0.25) is 0 Å². The minimum atomic E-state index is 0.143. The van der Waals surface area contributed by atoms with Crippen LogP contribution in [0.1, 0.15) is 51.7 Å². The van der Waals surface area contributed by atoms with Gasteiger partial charge in [0.1, 0.15) is 0 Å².